The molecule has 2 heterocycles. The van der Waals surface area contributed by atoms with Crippen molar-refractivity contribution in [2.45, 2.75) is 12.3 Å². The third-order valence-electron chi connectivity index (χ3n) is 5.04. The first-order valence-corrected chi connectivity index (χ1v) is 8.89. The van der Waals surface area contributed by atoms with Gasteiger partial charge in [0, 0.05) is 41.7 Å². The summed E-state index contributed by atoms with van der Waals surface area (Å²) in [5.41, 5.74) is 2.96. The zero-order valence-corrected chi connectivity index (χ0v) is 14.4. The summed E-state index contributed by atoms with van der Waals surface area (Å²) < 4.78 is 0. The number of carbonyl (C=O) groups excluding carboxylic acids is 2. The highest BCUT2D eigenvalue weighted by atomic mass is 16.2. The molecule has 3 aromatic rings. The van der Waals surface area contributed by atoms with Crippen LogP contribution in [0.2, 0.25) is 0 Å². The Morgan fingerprint density at radius 1 is 1.08 bits per heavy atom. The highest BCUT2D eigenvalue weighted by molar-refractivity contribution is 5.96. The largest absolute Gasteiger partial charge is 0.361 e. The summed E-state index contributed by atoms with van der Waals surface area (Å²) in [6, 6.07) is 17.2. The molecule has 1 aromatic heterocycles. The molecule has 0 spiro atoms. The lowest BCUT2D eigenvalue weighted by Gasteiger charge is -2.17. The first-order valence-electron chi connectivity index (χ1n) is 8.89. The summed E-state index contributed by atoms with van der Waals surface area (Å²) in [4.78, 5) is 29.7. The molecule has 0 bridgehead atoms. The van der Waals surface area contributed by atoms with E-state index in [2.05, 4.69) is 28.6 Å². The zero-order valence-electron chi connectivity index (χ0n) is 14.4. The quantitative estimate of drug-likeness (QED) is 0.762. The number of aromatic nitrogens is 1. The number of hydrogen-bond donors (Lipinski definition) is 2. The molecule has 1 fully saturated rings. The van der Waals surface area contributed by atoms with Crippen LogP contribution in [0.15, 0.2) is 60.8 Å². The van der Waals surface area contributed by atoms with E-state index in [-0.39, 0.29) is 18.4 Å². The number of carbonyl (C=O) groups is 2. The number of likely N-dealkylation sites (tertiary alicyclic amines) is 1. The Labute approximate surface area is 152 Å². The molecular formula is C21H21N3O2. The van der Waals surface area contributed by atoms with Gasteiger partial charge in [-0.1, -0.05) is 36.4 Å². The van der Waals surface area contributed by atoms with Gasteiger partial charge in [0.2, 0.25) is 5.91 Å². The molecule has 1 saturated heterocycles. The van der Waals surface area contributed by atoms with Crippen LogP contribution in [0.5, 0.6) is 0 Å². The third kappa shape index (κ3) is 3.20. The van der Waals surface area contributed by atoms with E-state index >= 15 is 0 Å². The predicted octanol–water partition coefficient (Wildman–Crippen LogP) is 2.91. The molecule has 2 N–H and O–H groups in total. The first kappa shape index (κ1) is 16.4. The monoisotopic (exact) mass is 347 g/mol. The van der Waals surface area contributed by atoms with E-state index in [4.69, 9.17) is 0 Å². The Hall–Kier alpha value is -3.08. The highest BCUT2D eigenvalue weighted by Gasteiger charge is 2.28. The second-order valence-corrected chi connectivity index (χ2v) is 6.66. The van der Waals surface area contributed by atoms with E-state index in [0.717, 1.165) is 18.5 Å². The van der Waals surface area contributed by atoms with Gasteiger partial charge in [-0.25, -0.2) is 0 Å². The number of nitrogens with zero attached hydrogens (tertiary/aromatic N) is 1. The lowest BCUT2D eigenvalue weighted by molar-refractivity contribution is -0.129. The first-order chi connectivity index (χ1) is 12.7. The second kappa shape index (κ2) is 7.04. The summed E-state index contributed by atoms with van der Waals surface area (Å²) in [6.45, 7) is 1.46. The zero-order chi connectivity index (χ0) is 17.9. The lowest BCUT2D eigenvalue weighted by Crippen LogP contribution is -2.39. The van der Waals surface area contributed by atoms with Crippen molar-refractivity contribution in [3.63, 3.8) is 0 Å². The predicted molar refractivity (Wildman–Crippen MR) is 101 cm³/mol. The van der Waals surface area contributed by atoms with Crippen LogP contribution >= 0.6 is 0 Å². The van der Waals surface area contributed by atoms with Gasteiger partial charge < -0.3 is 15.2 Å². The van der Waals surface area contributed by atoms with Crippen molar-refractivity contribution in [1.29, 1.82) is 0 Å². The lowest BCUT2D eigenvalue weighted by atomic mass is 9.98. The average molecular weight is 347 g/mol. The number of para-hydroxylation sites is 1. The number of aromatic amines is 1. The maximum absolute atomic E-state index is 12.5. The Bertz CT molecular complexity index is 933. The molecule has 1 unspecified atom stereocenters. The molecule has 2 aromatic carbocycles. The topological polar surface area (TPSA) is 65.2 Å². The Balaban J connectivity index is 1.36. The van der Waals surface area contributed by atoms with E-state index in [0.29, 0.717) is 18.0 Å². The second-order valence-electron chi connectivity index (χ2n) is 6.66. The van der Waals surface area contributed by atoms with Crippen LogP contribution < -0.4 is 5.32 Å². The van der Waals surface area contributed by atoms with Crippen LogP contribution in [0.1, 0.15) is 28.3 Å². The molecule has 0 saturated carbocycles. The highest BCUT2D eigenvalue weighted by Crippen LogP contribution is 2.32. The van der Waals surface area contributed by atoms with Gasteiger partial charge in [-0.2, -0.15) is 0 Å². The van der Waals surface area contributed by atoms with Crippen molar-refractivity contribution in [3.8, 4) is 0 Å². The van der Waals surface area contributed by atoms with Crippen LogP contribution in [0.4, 0.5) is 0 Å². The van der Waals surface area contributed by atoms with Crippen molar-refractivity contribution >= 4 is 22.7 Å². The van der Waals surface area contributed by atoms with E-state index in [9.17, 15) is 9.59 Å². The van der Waals surface area contributed by atoms with Crippen molar-refractivity contribution in [1.82, 2.24) is 15.2 Å². The minimum atomic E-state index is -0.216. The maximum Gasteiger partial charge on any atom is 0.251 e. The summed E-state index contributed by atoms with van der Waals surface area (Å²) in [5.74, 6) is 0.0860. The van der Waals surface area contributed by atoms with Crippen LogP contribution in [-0.4, -0.2) is 41.3 Å². The molecular weight excluding hydrogens is 326 g/mol. The van der Waals surface area contributed by atoms with Gasteiger partial charge in [-0.05, 0) is 30.2 Å². The number of amides is 2. The third-order valence-corrected chi connectivity index (χ3v) is 5.04. The van der Waals surface area contributed by atoms with Crippen LogP contribution in [0.25, 0.3) is 10.9 Å². The molecule has 2 amide bonds. The van der Waals surface area contributed by atoms with Crippen LogP contribution in [-0.2, 0) is 4.79 Å². The molecule has 5 heteroatoms. The average Bonchev–Trinajstić information content (AvgIpc) is 3.33. The van der Waals surface area contributed by atoms with Gasteiger partial charge in [0.1, 0.15) is 0 Å². The minimum absolute atomic E-state index is 0.0309. The maximum atomic E-state index is 12.5. The minimum Gasteiger partial charge on any atom is -0.361 e. The van der Waals surface area contributed by atoms with E-state index in [1.807, 2.05) is 35.2 Å². The summed E-state index contributed by atoms with van der Waals surface area (Å²) in [5, 5.41) is 3.94. The van der Waals surface area contributed by atoms with Gasteiger partial charge in [0.15, 0.2) is 0 Å². The van der Waals surface area contributed by atoms with Gasteiger partial charge in [0.25, 0.3) is 5.91 Å². The van der Waals surface area contributed by atoms with Crippen molar-refractivity contribution in [2.75, 3.05) is 19.6 Å². The number of nitrogens with one attached hydrogen (secondary N) is 2. The summed E-state index contributed by atoms with van der Waals surface area (Å²) >= 11 is 0. The number of fused-ring (bicyclic) bond motifs is 1. The molecule has 132 valence electrons. The van der Waals surface area contributed by atoms with Gasteiger partial charge in [0.05, 0.1) is 6.54 Å². The van der Waals surface area contributed by atoms with Gasteiger partial charge >= 0.3 is 0 Å². The molecule has 0 radical (unpaired) electrons. The van der Waals surface area contributed by atoms with E-state index in [1.54, 1.807) is 12.1 Å². The van der Waals surface area contributed by atoms with Gasteiger partial charge in [-0.3, -0.25) is 9.59 Å². The number of hydrogen-bond acceptors (Lipinski definition) is 2. The number of benzene rings is 2. The summed E-state index contributed by atoms with van der Waals surface area (Å²) in [6.07, 6.45) is 3.00. The van der Waals surface area contributed by atoms with Crippen LogP contribution in [0.3, 0.4) is 0 Å². The number of rotatable bonds is 4. The molecule has 4 rings (SSSR count). The van der Waals surface area contributed by atoms with Crippen molar-refractivity contribution in [3.05, 3.63) is 71.9 Å². The van der Waals surface area contributed by atoms with Crippen molar-refractivity contribution in [2.24, 2.45) is 0 Å². The van der Waals surface area contributed by atoms with E-state index in [1.165, 1.54) is 10.9 Å². The molecule has 0 aliphatic carbocycles. The van der Waals surface area contributed by atoms with Gasteiger partial charge in [-0.15, -0.1) is 0 Å². The smallest absolute Gasteiger partial charge is 0.251 e. The molecule has 1 atom stereocenters. The fourth-order valence-corrected chi connectivity index (χ4v) is 3.63. The Kier molecular flexibility index (Phi) is 4.44. The summed E-state index contributed by atoms with van der Waals surface area (Å²) in [7, 11) is 0. The molecule has 26 heavy (non-hydrogen) atoms. The van der Waals surface area contributed by atoms with Crippen molar-refractivity contribution < 1.29 is 9.59 Å². The molecule has 5 nitrogen and oxygen atoms in total. The fourth-order valence-electron chi connectivity index (χ4n) is 3.63. The fraction of sp³-hybridized carbons (Fsp3) is 0.238. The van der Waals surface area contributed by atoms with Crippen LogP contribution in [0, 0.1) is 0 Å². The molecule has 1 aliphatic rings. The number of H-pyrrole nitrogens is 1. The SMILES string of the molecule is O=C(NCC(=O)N1CCC(c2c[nH]c3ccccc23)C1)c1ccccc1. The van der Waals surface area contributed by atoms with E-state index < -0.39 is 0 Å². The Morgan fingerprint density at radius 2 is 1.85 bits per heavy atom. The normalized spacial score (nSPS) is 16.8. The molecule has 1 aliphatic heterocycles. The Morgan fingerprint density at radius 3 is 2.69 bits per heavy atom. The standard InChI is InChI=1S/C21H21N3O2/c25-20(13-23-21(26)15-6-2-1-3-7-15)24-11-10-16(14-24)18-12-22-19-9-5-4-8-17(18)19/h1-9,12,16,22H,10-11,13-14H2,(H,23,26).